The Morgan fingerprint density at radius 3 is 2.19 bits per heavy atom. The summed E-state index contributed by atoms with van der Waals surface area (Å²) in [5.74, 6) is 0. The largest absolute Gasteiger partial charge is 0.287 e. The van der Waals surface area contributed by atoms with E-state index in [2.05, 4.69) is 30.3 Å². The van der Waals surface area contributed by atoms with Gasteiger partial charge < -0.3 is 0 Å². The lowest BCUT2D eigenvalue weighted by Gasteiger charge is -2.14. The van der Waals surface area contributed by atoms with Gasteiger partial charge in [-0.15, -0.1) is 11.3 Å². The number of hydrogen-bond donors (Lipinski definition) is 0. The van der Waals surface area contributed by atoms with Gasteiger partial charge in [-0.2, -0.15) is 0 Å². The number of nitro benzene ring substituents is 1. The lowest BCUT2D eigenvalue weighted by molar-refractivity contribution is -0.382. The number of nitro groups is 1. The van der Waals surface area contributed by atoms with E-state index in [1.54, 1.807) is 11.3 Å². The molecule has 5 heteroatoms. The van der Waals surface area contributed by atoms with Crippen LogP contribution in [0, 0.1) is 10.1 Å². The zero-order valence-corrected chi connectivity index (χ0v) is 17.6. The summed E-state index contributed by atoms with van der Waals surface area (Å²) >= 11 is 1.63. The third kappa shape index (κ3) is 2.60. The molecule has 1 aromatic heterocycles. The van der Waals surface area contributed by atoms with Crippen molar-refractivity contribution in [3.63, 3.8) is 0 Å². The van der Waals surface area contributed by atoms with Crippen molar-refractivity contribution in [3.8, 4) is 11.1 Å². The van der Waals surface area contributed by atoms with Crippen molar-refractivity contribution in [2.45, 2.75) is 0 Å². The maximum absolute atomic E-state index is 12.6. The van der Waals surface area contributed by atoms with Crippen molar-refractivity contribution < 1.29 is 4.92 Å². The summed E-state index contributed by atoms with van der Waals surface area (Å²) in [5.41, 5.74) is 2.90. The Balaban J connectivity index is 1.94. The number of hydrogen-bond acceptors (Lipinski definition) is 3. The summed E-state index contributed by atoms with van der Waals surface area (Å²) < 4.78 is 2.04. The molecule has 5 aromatic carbocycles. The second-order valence-electron chi connectivity index (χ2n) is 7.86. The predicted octanol–water partition coefficient (Wildman–Crippen LogP) is 6.19. The lowest BCUT2D eigenvalue weighted by Crippen LogP contribution is -2.04. The van der Waals surface area contributed by atoms with Crippen molar-refractivity contribution >= 4 is 72.1 Å². The number of fused-ring (bicyclic) bond motifs is 6. The third-order valence-corrected chi connectivity index (χ3v) is 7.17. The van der Waals surface area contributed by atoms with Gasteiger partial charge >= 0.3 is 0 Å². The monoisotopic (exact) mass is 417 g/mol. The molecule has 6 rings (SSSR count). The van der Waals surface area contributed by atoms with E-state index < -0.39 is 0 Å². The first-order valence-corrected chi connectivity index (χ1v) is 11.0. The van der Waals surface area contributed by atoms with Crippen LogP contribution in [-0.4, -0.2) is 12.8 Å². The molecule has 0 fully saturated rings. The molecule has 0 aliphatic carbocycles. The van der Waals surface area contributed by atoms with Crippen LogP contribution in [0.1, 0.15) is 0 Å². The maximum atomic E-state index is 12.6. The Morgan fingerprint density at radius 2 is 1.42 bits per heavy atom. The van der Waals surface area contributed by atoms with Crippen molar-refractivity contribution in [1.82, 2.24) is 0 Å². The van der Waals surface area contributed by atoms with Crippen molar-refractivity contribution in [3.05, 3.63) is 95.0 Å². The van der Waals surface area contributed by atoms with Gasteiger partial charge in [0.2, 0.25) is 0 Å². The first-order chi connectivity index (χ1) is 15.1. The summed E-state index contributed by atoms with van der Waals surface area (Å²) in [5, 5.41) is 18.4. The molecule has 0 saturated carbocycles. The zero-order chi connectivity index (χ0) is 21.1. The van der Waals surface area contributed by atoms with Crippen LogP contribution in [0.25, 0.3) is 52.8 Å². The molecule has 0 amide bonds. The Morgan fingerprint density at radius 1 is 0.774 bits per heavy atom. The van der Waals surface area contributed by atoms with Crippen LogP contribution in [0.4, 0.5) is 5.69 Å². The predicted molar refractivity (Wildman–Crippen MR) is 135 cm³/mol. The molecule has 0 atom stereocenters. The Bertz CT molecular complexity index is 1690. The quantitative estimate of drug-likeness (QED) is 0.191. The van der Waals surface area contributed by atoms with E-state index in [4.69, 9.17) is 0 Å². The van der Waals surface area contributed by atoms with Crippen LogP contribution >= 0.6 is 11.3 Å². The van der Waals surface area contributed by atoms with Gasteiger partial charge in [-0.1, -0.05) is 84.3 Å². The van der Waals surface area contributed by atoms with E-state index in [0.29, 0.717) is 5.56 Å². The Kier molecular flexibility index (Phi) is 3.89. The molecule has 0 saturated heterocycles. The van der Waals surface area contributed by atoms with E-state index >= 15 is 0 Å². The fourth-order valence-corrected chi connectivity index (χ4v) is 5.99. The maximum Gasteiger partial charge on any atom is 0.287 e. The minimum atomic E-state index is -0.194. The zero-order valence-electron chi connectivity index (χ0n) is 16.8. The van der Waals surface area contributed by atoms with Crippen LogP contribution in [0.5, 0.6) is 0 Å². The standard InChI is InChI=1S/C26H16BNO2S/c27-16-13-15-7-1-2-8-17(15)21(14-16)23-18-9-3-4-10-19(18)26-24(25(23)28(29)30)20-11-5-6-12-22(20)31-26/h1-14H,27H2. The highest BCUT2D eigenvalue weighted by Crippen LogP contribution is 2.50. The van der Waals surface area contributed by atoms with Crippen LogP contribution in [0.15, 0.2) is 84.9 Å². The molecule has 1 heterocycles. The Labute approximate surface area is 183 Å². The van der Waals surface area contributed by atoms with Gasteiger partial charge in [-0.25, -0.2) is 0 Å². The van der Waals surface area contributed by atoms with Gasteiger partial charge in [0.15, 0.2) is 0 Å². The summed E-state index contributed by atoms with van der Waals surface area (Å²) in [7, 11) is 2.04. The minimum Gasteiger partial charge on any atom is -0.258 e. The molecule has 0 N–H and O–H groups in total. The van der Waals surface area contributed by atoms with Crippen LogP contribution in [0.2, 0.25) is 0 Å². The molecule has 6 aromatic rings. The average molecular weight is 417 g/mol. The minimum absolute atomic E-state index is 0.194. The van der Waals surface area contributed by atoms with Crippen molar-refractivity contribution in [2.75, 3.05) is 0 Å². The fourth-order valence-electron chi connectivity index (χ4n) is 4.74. The lowest BCUT2D eigenvalue weighted by atomic mass is 9.85. The highest BCUT2D eigenvalue weighted by Gasteiger charge is 2.28. The van der Waals surface area contributed by atoms with Gasteiger partial charge in [-0.05, 0) is 27.8 Å². The second-order valence-corrected chi connectivity index (χ2v) is 8.91. The third-order valence-electron chi connectivity index (χ3n) is 5.97. The molecule has 0 bridgehead atoms. The number of nitrogens with zero attached hydrogens (tertiary/aromatic N) is 1. The van der Waals surface area contributed by atoms with Crippen LogP contribution in [0.3, 0.4) is 0 Å². The SMILES string of the molecule is Bc1cc(-c2c([N+](=O)[O-])c3c4ccccc4sc3c3ccccc23)c2ccccc2c1. The molecule has 0 spiro atoms. The molecule has 3 nitrogen and oxygen atoms in total. The average Bonchev–Trinajstić information content (AvgIpc) is 3.17. The first-order valence-electron chi connectivity index (χ1n) is 10.1. The van der Waals surface area contributed by atoms with E-state index in [-0.39, 0.29) is 10.6 Å². The van der Waals surface area contributed by atoms with Crippen molar-refractivity contribution in [2.24, 2.45) is 0 Å². The van der Waals surface area contributed by atoms with Crippen LogP contribution in [-0.2, 0) is 0 Å². The molecule has 0 radical (unpaired) electrons. The van der Waals surface area contributed by atoms with E-state index in [0.717, 1.165) is 52.7 Å². The van der Waals surface area contributed by atoms with E-state index in [1.807, 2.05) is 62.4 Å². The van der Waals surface area contributed by atoms with Crippen LogP contribution < -0.4 is 5.46 Å². The van der Waals surface area contributed by atoms with E-state index in [1.165, 1.54) is 0 Å². The van der Waals surface area contributed by atoms with Gasteiger partial charge in [0.1, 0.15) is 7.85 Å². The van der Waals surface area contributed by atoms with Gasteiger partial charge in [0.25, 0.3) is 5.69 Å². The summed E-state index contributed by atoms with van der Waals surface area (Å²) in [6, 6.07) is 28.4. The smallest absolute Gasteiger partial charge is 0.258 e. The number of rotatable bonds is 2. The number of thiophene rings is 1. The molecule has 0 aliphatic rings. The summed E-state index contributed by atoms with van der Waals surface area (Å²) in [6.45, 7) is 0. The van der Waals surface area contributed by atoms with Crippen molar-refractivity contribution in [1.29, 1.82) is 0 Å². The molecular weight excluding hydrogens is 401 g/mol. The normalized spacial score (nSPS) is 11.6. The number of benzene rings is 5. The highest BCUT2D eigenvalue weighted by molar-refractivity contribution is 7.26. The fraction of sp³-hybridized carbons (Fsp3) is 0. The summed E-state index contributed by atoms with van der Waals surface area (Å²) in [6.07, 6.45) is 0. The Hall–Kier alpha value is -3.70. The van der Waals surface area contributed by atoms with Gasteiger partial charge in [0.05, 0.1) is 20.6 Å². The van der Waals surface area contributed by atoms with Gasteiger partial charge in [-0.3, -0.25) is 10.1 Å². The summed E-state index contributed by atoms with van der Waals surface area (Å²) in [4.78, 5) is 12.4. The molecule has 0 aliphatic heterocycles. The molecule has 146 valence electrons. The second kappa shape index (κ2) is 6.66. The molecule has 0 unspecified atom stereocenters. The topological polar surface area (TPSA) is 43.1 Å². The molecule has 31 heavy (non-hydrogen) atoms. The molecular formula is C26H16BNO2S. The first kappa shape index (κ1) is 18.1. The highest BCUT2D eigenvalue weighted by atomic mass is 32.1. The van der Waals surface area contributed by atoms with Gasteiger partial charge in [0, 0.05) is 15.5 Å². The van der Waals surface area contributed by atoms with E-state index in [9.17, 15) is 10.1 Å².